The van der Waals surface area contributed by atoms with Gasteiger partial charge in [0.25, 0.3) is 5.91 Å². The maximum absolute atomic E-state index is 12.3. The maximum atomic E-state index is 12.3. The molecule has 0 spiro atoms. The Morgan fingerprint density at radius 2 is 2.29 bits per heavy atom. The van der Waals surface area contributed by atoms with Crippen molar-refractivity contribution < 1.29 is 10.0 Å². The molecule has 1 aromatic rings. The minimum atomic E-state index is -0.757. The van der Waals surface area contributed by atoms with Crippen LogP contribution in [0.3, 0.4) is 0 Å². The van der Waals surface area contributed by atoms with Crippen LogP contribution in [0.25, 0.3) is 0 Å². The molecule has 2 rings (SSSR count). The van der Waals surface area contributed by atoms with E-state index in [1.807, 2.05) is 0 Å². The van der Waals surface area contributed by atoms with Crippen LogP contribution in [-0.2, 0) is 7.05 Å². The molecule has 7 heteroatoms. The number of carbonyl (C=O) groups is 1. The summed E-state index contributed by atoms with van der Waals surface area (Å²) >= 11 is 0. The van der Waals surface area contributed by atoms with Crippen LogP contribution in [0.1, 0.15) is 49.4 Å². The Balaban J connectivity index is 2.16. The number of aromatic nitrogens is 2. The molecule has 0 saturated heterocycles. The Morgan fingerprint density at radius 3 is 2.76 bits per heavy atom. The first-order chi connectivity index (χ1) is 10.0. The zero-order chi connectivity index (χ0) is 15.5. The van der Waals surface area contributed by atoms with Gasteiger partial charge in [0.2, 0.25) is 0 Å². The fourth-order valence-corrected chi connectivity index (χ4v) is 2.95. The lowest BCUT2D eigenvalue weighted by molar-refractivity contribution is 0.0895. The summed E-state index contributed by atoms with van der Waals surface area (Å²) in [5.74, 6) is 0.471. The van der Waals surface area contributed by atoms with Gasteiger partial charge in [-0.1, -0.05) is 18.5 Å². The van der Waals surface area contributed by atoms with Crippen molar-refractivity contribution in [2.45, 2.75) is 44.6 Å². The highest BCUT2D eigenvalue weighted by molar-refractivity contribution is 6.00. The van der Waals surface area contributed by atoms with Crippen LogP contribution in [0.5, 0.6) is 0 Å². The lowest BCUT2D eigenvalue weighted by Gasteiger charge is -2.39. The van der Waals surface area contributed by atoms with Crippen molar-refractivity contribution in [2.24, 2.45) is 23.9 Å². The summed E-state index contributed by atoms with van der Waals surface area (Å²) in [6.07, 6.45) is 7.56. The number of amides is 1. The highest BCUT2D eigenvalue weighted by Crippen LogP contribution is 2.34. The van der Waals surface area contributed by atoms with Crippen molar-refractivity contribution in [1.29, 1.82) is 0 Å². The van der Waals surface area contributed by atoms with Gasteiger partial charge in [0.05, 0.1) is 11.8 Å². The van der Waals surface area contributed by atoms with Crippen LogP contribution in [0.4, 0.5) is 0 Å². The molecule has 1 aliphatic rings. The summed E-state index contributed by atoms with van der Waals surface area (Å²) in [5, 5.41) is 19.1. The van der Waals surface area contributed by atoms with E-state index in [0.29, 0.717) is 24.3 Å². The van der Waals surface area contributed by atoms with Gasteiger partial charge in [-0.3, -0.25) is 9.48 Å². The van der Waals surface area contributed by atoms with Gasteiger partial charge < -0.3 is 16.3 Å². The van der Waals surface area contributed by atoms with E-state index in [1.54, 1.807) is 17.9 Å². The molecule has 0 aliphatic heterocycles. The molecular formula is C14H23N5O2. The number of hydrogen-bond acceptors (Lipinski definition) is 4. The summed E-state index contributed by atoms with van der Waals surface area (Å²) < 4.78 is 1.57. The number of nitrogens with zero attached hydrogens (tertiary/aromatic N) is 3. The summed E-state index contributed by atoms with van der Waals surface area (Å²) in [6.45, 7) is 2.16. The Kier molecular flexibility index (Phi) is 4.50. The number of aryl methyl sites for hydroxylation is 1. The molecular weight excluding hydrogens is 270 g/mol. The summed E-state index contributed by atoms with van der Waals surface area (Å²) in [4.78, 5) is 12.3. The van der Waals surface area contributed by atoms with Crippen LogP contribution >= 0.6 is 0 Å². The van der Waals surface area contributed by atoms with Crippen LogP contribution < -0.4 is 11.1 Å². The molecule has 0 atom stereocenters. The molecule has 1 aromatic heterocycles. The molecule has 7 nitrogen and oxygen atoms in total. The van der Waals surface area contributed by atoms with Crippen LogP contribution in [0.2, 0.25) is 0 Å². The Morgan fingerprint density at radius 1 is 1.62 bits per heavy atom. The van der Waals surface area contributed by atoms with Crippen molar-refractivity contribution in [3.05, 3.63) is 18.0 Å². The number of nitrogens with two attached hydrogens (primary N) is 1. The van der Waals surface area contributed by atoms with Gasteiger partial charge in [0.1, 0.15) is 5.54 Å². The lowest BCUT2D eigenvalue weighted by atomic mass is 9.74. The van der Waals surface area contributed by atoms with E-state index in [4.69, 9.17) is 10.9 Å². The molecule has 1 aliphatic carbocycles. The Hall–Kier alpha value is -2.05. The second-order valence-corrected chi connectivity index (χ2v) is 5.78. The van der Waals surface area contributed by atoms with Crippen LogP contribution in [0, 0.1) is 5.92 Å². The molecule has 1 saturated carbocycles. The fraction of sp³-hybridized carbons (Fsp3) is 0.643. The van der Waals surface area contributed by atoms with Crippen LogP contribution in [-0.4, -0.2) is 32.3 Å². The van der Waals surface area contributed by atoms with Crippen LogP contribution in [0.15, 0.2) is 17.5 Å². The highest BCUT2D eigenvalue weighted by Gasteiger charge is 2.40. The third kappa shape index (κ3) is 3.17. The molecule has 1 amide bonds. The molecule has 0 unspecified atom stereocenters. The van der Waals surface area contributed by atoms with Gasteiger partial charge in [-0.25, -0.2) is 0 Å². The molecule has 0 radical (unpaired) electrons. The number of hydrogen-bond donors (Lipinski definition) is 3. The largest absolute Gasteiger partial charge is 0.409 e. The first-order valence-electron chi connectivity index (χ1n) is 7.30. The standard InChI is InChI=1S/C14H23N5O2/c1-3-10-4-6-14(7-5-10,13(15)18-21)17-12(20)11-8-16-19(2)9-11/h8-10,21H,3-7H2,1-2H3,(H2,15,18)(H,17,20). The molecule has 21 heavy (non-hydrogen) atoms. The first kappa shape index (κ1) is 15.3. The van der Waals surface area contributed by atoms with Crippen molar-refractivity contribution in [3.63, 3.8) is 0 Å². The number of oxime groups is 1. The molecule has 4 N–H and O–H groups in total. The quantitative estimate of drug-likeness (QED) is 0.336. The third-order valence-electron chi connectivity index (χ3n) is 4.45. The van der Waals surface area contributed by atoms with E-state index < -0.39 is 5.54 Å². The number of nitrogens with one attached hydrogen (secondary N) is 1. The topological polar surface area (TPSA) is 106 Å². The second-order valence-electron chi connectivity index (χ2n) is 5.78. The fourth-order valence-electron chi connectivity index (χ4n) is 2.95. The Bertz CT molecular complexity index is 529. The SMILES string of the molecule is CCC1CCC(NC(=O)c2cnn(C)c2)(/C(N)=N/O)CC1. The zero-order valence-corrected chi connectivity index (χ0v) is 12.5. The van der Waals surface area contributed by atoms with Gasteiger partial charge in [-0.15, -0.1) is 0 Å². The predicted molar refractivity (Wildman–Crippen MR) is 79.1 cm³/mol. The van der Waals surface area contributed by atoms with E-state index in [9.17, 15) is 4.79 Å². The lowest BCUT2D eigenvalue weighted by Crippen LogP contribution is -2.59. The summed E-state index contributed by atoms with van der Waals surface area (Å²) in [6, 6.07) is 0. The number of carbonyl (C=O) groups excluding carboxylic acids is 1. The maximum Gasteiger partial charge on any atom is 0.255 e. The van der Waals surface area contributed by atoms with Crippen molar-refractivity contribution in [3.8, 4) is 0 Å². The predicted octanol–water partition coefficient (Wildman–Crippen LogP) is 1.24. The third-order valence-corrected chi connectivity index (χ3v) is 4.45. The van der Waals surface area contributed by atoms with Crippen molar-refractivity contribution in [1.82, 2.24) is 15.1 Å². The normalized spacial score (nSPS) is 26.6. The van der Waals surface area contributed by atoms with E-state index >= 15 is 0 Å². The summed E-state index contributed by atoms with van der Waals surface area (Å²) in [5.41, 5.74) is 5.58. The average Bonchev–Trinajstić information content (AvgIpc) is 2.93. The van der Waals surface area contributed by atoms with Gasteiger partial charge in [0.15, 0.2) is 5.84 Å². The smallest absolute Gasteiger partial charge is 0.255 e. The minimum absolute atomic E-state index is 0.0780. The van der Waals surface area contributed by atoms with Gasteiger partial charge >= 0.3 is 0 Å². The molecule has 0 aromatic carbocycles. The Labute approximate surface area is 124 Å². The second kappa shape index (κ2) is 6.15. The van der Waals surface area contributed by atoms with Gasteiger partial charge in [0, 0.05) is 13.2 Å². The molecule has 0 bridgehead atoms. The van der Waals surface area contributed by atoms with E-state index in [2.05, 4.69) is 22.5 Å². The molecule has 116 valence electrons. The monoisotopic (exact) mass is 293 g/mol. The van der Waals surface area contributed by atoms with E-state index in [1.165, 1.54) is 6.20 Å². The van der Waals surface area contributed by atoms with Crippen molar-refractivity contribution in [2.75, 3.05) is 0 Å². The average molecular weight is 293 g/mol. The van der Waals surface area contributed by atoms with Gasteiger partial charge in [-0.2, -0.15) is 5.10 Å². The van der Waals surface area contributed by atoms with E-state index in [-0.39, 0.29) is 11.7 Å². The summed E-state index contributed by atoms with van der Waals surface area (Å²) in [7, 11) is 1.75. The van der Waals surface area contributed by atoms with E-state index in [0.717, 1.165) is 19.3 Å². The van der Waals surface area contributed by atoms with Gasteiger partial charge in [-0.05, 0) is 31.6 Å². The zero-order valence-electron chi connectivity index (χ0n) is 12.5. The highest BCUT2D eigenvalue weighted by atomic mass is 16.4. The van der Waals surface area contributed by atoms with Crippen molar-refractivity contribution >= 4 is 11.7 Å². The number of amidine groups is 1. The molecule has 1 heterocycles. The first-order valence-corrected chi connectivity index (χ1v) is 7.30. The minimum Gasteiger partial charge on any atom is -0.409 e. The number of rotatable bonds is 4. The molecule has 1 fully saturated rings.